The summed E-state index contributed by atoms with van der Waals surface area (Å²) in [6.07, 6.45) is -0.483. The number of esters is 1. The number of benzene rings is 1. The number of hydrogen-bond donors (Lipinski definition) is 0. The molecule has 0 heterocycles. The summed E-state index contributed by atoms with van der Waals surface area (Å²) < 4.78 is 41.9. The Morgan fingerprint density at radius 1 is 1.26 bits per heavy atom. The van der Waals surface area contributed by atoms with E-state index in [-0.39, 0.29) is 11.5 Å². The molecular formula is C12H12F2O4S. The minimum atomic E-state index is -1.82. The molecule has 0 saturated heterocycles. The maximum atomic E-state index is 12.9. The topological polar surface area (TPSA) is 60.4 Å². The second-order valence-electron chi connectivity index (χ2n) is 3.59. The van der Waals surface area contributed by atoms with Crippen molar-refractivity contribution in [2.45, 2.75) is 18.2 Å². The van der Waals surface area contributed by atoms with E-state index in [0.29, 0.717) is 0 Å². The van der Waals surface area contributed by atoms with Gasteiger partial charge in [-0.1, -0.05) is 0 Å². The van der Waals surface area contributed by atoms with Crippen LogP contribution in [0.15, 0.2) is 23.1 Å². The molecule has 0 N–H and O–H groups in total. The van der Waals surface area contributed by atoms with Crippen LogP contribution in [-0.2, 0) is 25.1 Å². The third-order valence-electron chi connectivity index (χ3n) is 2.09. The normalized spacial score (nSPS) is 11.9. The molecule has 0 aliphatic carbocycles. The third-order valence-corrected chi connectivity index (χ3v) is 3.46. The summed E-state index contributed by atoms with van der Waals surface area (Å²) in [5.74, 6) is -3.91. The molecule has 4 nitrogen and oxygen atoms in total. The minimum absolute atomic E-state index is 0.00360. The fourth-order valence-corrected chi connectivity index (χ4v) is 2.29. The van der Waals surface area contributed by atoms with Gasteiger partial charge in [0.1, 0.15) is 6.42 Å². The van der Waals surface area contributed by atoms with E-state index >= 15 is 0 Å². The molecule has 1 aromatic carbocycles. The first-order valence-corrected chi connectivity index (χ1v) is 6.76. The molecule has 0 bridgehead atoms. The largest absolute Gasteiger partial charge is 0.466 e. The molecule has 0 aromatic heterocycles. The van der Waals surface area contributed by atoms with Crippen molar-refractivity contribution >= 4 is 22.6 Å². The Hall–Kier alpha value is -1.63. The molecule has 1 atom stereocenters. The summed E-state index contributed by atoms with van der Waals surface area (Å²) in [6, 6.07) is 2.73. The predicted octanol–water partition coefficient (Wildman–Crippen LogP) is 1.59. The zero-order chi connectivity index (χ0) is 14.4. The Morgan fingerprint density at radius 2 is 1.95 bits per heavy atom. The minimum Gasteiger partial charge on any atom is -0.466 e. The van der Waals surface area contributed by atoms with Gasteiger partial charge >= 0.3 is 5.97 Å². The van der Waals surface area contributed by atoms with Crippen LogP contribution in [0.2, 0.25) is 0 Å². The van der Waals surface area contributed by atoms with Crippen LogP contribution in [0.3, 0.4) is 0 Å². The summed E-state index contributed by atoms with van der Waals surface area (Å²) in [6.45, 7) is 1.75. The van der Waals surface area contributed by atoms with Gasteiger partial charge in [0.15, 0.2) is 17.4 Å². The van der Waals surface area contributed by atoms with E-state index in [1.807, 2.05) is 0 Å². The van der Waals surface area contributed by atoms with Crippen LogP contribution in [0.4, 0.5) is 8.78 Å². The number of hydrogen-bond acceptors (Lipinski definition) is 4. The van der Waals surface area contributed by atoms with Crippen LogP contribution >= 0.6 is 0 Å². The molecule has 1 aromatic rings. The zero-order valence-corrected chi connectivity index (χ0v) is 11.0. The molecule has 0 fully saturated rings. The van der Waals surface area contributed by atoms with Gasteiger partial charge in [0.2, 0.25) is 0 Å². The second-order valence-corrected chi connectivity index (χ2v) is 5.04. The lowest BCUT2D eigenvalue weighted by Crippen LogP contribution is -2.17. The molecule has 19 heavy (non-hydrogen) atoms. The van der Waals surface area contributed by atoms with Crippen LogP contribution in [0.25, 0.3) is 0 Å². The standard InChI is InChI=1S/C12H12F2O4S/c1-2-18-12(16)5-8(15)7-19(17)9-3-4-10(13)11(14)6-9/h3-4,6H,2,5,7H2,1H3. The Labute approximate surface area is 111 Å². The van der Waals surface area contributed by atoms with Gasteiger partial charge in [-0.15, -0.1) is 0 Å². The van der Waals surface area contributed by atoms with Crippen LogP contribution in [-0.4, -0.2) is 28.3 Å². The molecule has 0 radical (unpaired) electrons. The van der Waals surface area contributed by atoms with E-state index in [9.17, 15) is 22.6 Å². The van der Waals surface area contributed by atoms with Crippen molar-refractivity contribution in [1.82, 2.24) is 0 Å². The Kier molecular flexibility index (Phi) is 5.75. The van der Waals surface area contributed by atoms with Crippen LogP contribution < -0.4 is 0 Å². The lowest BCUT2D eigenvalue weighted by Gasteiger charge is -2.03. The van der Waals surface area contributed by atoms with Crippen LogP contribution in [0, 0.1) is 11.6 Å². The third kappa shape index (κ3) is 4.86. The SMILES string of the molecule is CCOC(=O)CC(=O)CS(=O)c1ccc(F)c(F)c1. The molecule has 104 valence electrons. The van der Waals surface area contributed by atoms with Gasteiger partial charge in [-0.2, -0.15) is 0 Å². The average Bonchev–Trinajstić information content (AvgIpc) is 2.32. The molecule has 0 aliphatic heterocycles. The molecule has 1 rings (SSSR count). The number of carbonyl (C=O) groups is 2. The maximum absolute atomic E-state index is 12.9. The summed E-state index contributed by atoms with van der Waals surface area (Å²) >= 11 is 0. The molecule has 1 unspecified atom stereocenters. The van der Waals surface area contributed by atoms with Gasteiger partial charge in [-0.25, -0.2) is 8.78 Å². The fraction of sp³-hybridized carbons (Fsp3) is 0.333. The number of Topliss-reactive ketones (excluding diaryl/α,β-unsaturated/α-hetero) is 1. The van der Waals surface area contributed by atoms with Gasteiger partial charge in [-0.05, 0) is 25.1 Å². The summed E-state index contributed by atoms with van der Waals surface area (Å²) in [5, 5.41) is 0. The van der Waals surface area contributed by atoms with E-state index in [2.05, 4.69) is 4.74 Å². The highest BCUT2D eigenvalue weighted by Gasteiger charge is 2.16. The first kappa shape index (κ1) is 15.4. The van der Waals surface area contributed by atoms with Gasteiger partial charge in [0.25, 0.3) is 0 Å². The predicted molar refractivity (Wildman–Crippen MR) is 63.9 cm³/mol. The summed E-state index contributed by atoms with van der Waals surface area (Å²) in [4.78, 5) is 22.4. The maximum Gasteiger partial charge on any atom is 0.313 e. The van der Waals surface area contributed by atoms with Gasteiger partial charge in [0, 0.05) is 4.90 Å². The first-order valence-electron chi connectivity index (χ1n) is 5.44. The van der Waals surface area contributed by atoms with E-state index in [4.69, 9.17) is 0 Å². The van der Waals surface area contributed by atoms with Gasteiger partial charge < -0.3 is 4.74 Å². The molecule has 0 spiro atoms. The van der Waals surface area contributed by atoms with Gasteiger partial charge in [0.05, 0.1) is 23.2 Å². The molecule has 0 aliphatic rings. The molecule has 0 saturated carbocycles. The highest BCUT2D eigenvalue weighted by atomic mass is 32.2. The van der Waals surface area contributed by atoms with Crippen molar-refractivity contribution in [3.05, 3.63) is 29.8 Å². The van der Waals surface area contributed by atoms with Crippen molar-refractivity contribution in [1.29, 1.82) is 0 Å². The fourth-order valence-electron chi connectivity index (χ4n) is 1.27. The monoisotopic (exact) mass is 290 g/mol. The van der Waals surface area contributed by atoms with Gasteiger partial charge in [-0.3, -0.25) is 13.8 Å². The lowest BCUT2D eigenvalue weighted by molar-refractivity contribution is -0.145. The van der Waals surface area contributed by atoms with Crippen molar-refractivity contribution in [2.75, 3.05) is 12.4 Å². The van der Waals surface area contributed by atoms with E-state index in [1.54, 1.807) is 6.92 Å². The number of rotatable bonds is 6. The van der Waals surface area contributed by atoms with Crippen LogP contribution in [0.1, 0.15) is 13.3 Å². The van der Waals surface area contributed by atoms with E-state index in [0.717, 1.165) is 18.2 Å². The highest BCUT2D eigenvalue weighted by Crippen LogP contribution is 2.12. The van der Waals surface area contributed by atoms with Crippen molar-refractivity contribution < 1.29 is 27.3 Å². The van der Waals surface area contributed by atoms with Crippen molar-refractivity contribution in [3.8, 4) is 0 Å². The lowest BCUT2D eigenvalue weighted by atomic mass is 10.3. The highest BCUT2D eigenvalue weighted by molar-refractivity contribution is 7.85. The summed E-state index contributed by atoms with van der Waals surface area (Å²) in [7, 11) is -1.82. The molecule has 0 amide bonds. The van der Waals surface area contributed by atoms with E-state index in [1.165, 1.54) is 0 Å². The van der Waals surface area contributed by atoms with Crippen molar-refractivity contribution in [3.63, 3.8) is 0 Å². The quantitative estimate of drug-likeness (QED) is 0.590. The Morgan fingerprint density at radius 3 is 2.53 bits per heavy atom. The Bertz CT molecular complexity index is 516. The second kappa shape index (κ2) is 7.08. The number of ketones is 1. The zero-order valence-electron chi connectivity index (χ0n) is 10.2. The van der Waals surface area contributed by atoms with E-state index < -0.39 is 46.4 Å². The smallest absolute Gasteiger partial charge is 0.313 e. The number of carbonyl (C=O) groups excluding carboxylic acids is 2. The number of halogens is 2. The van der Waals surface area contributed by atoms with Crippen molar-refractivity contribution in [2.24, 2.45) is 0 Å². The molecule has 7 heteroatoms. The first-order chi connectivity index (χ1) is 8.93. The Balaban J connectivity index is 2.61. The summed E-state index contributed by atoms with van der Waals surface area (Å²) in [5.41, 5.74) is 0. The molecular weight excluding hydrogens is 278 g/mol. The average molecular weight is 290 g/mol. The number of ether oxygens (including phenoxy) is 1. The van der Waals surface area contributed by atoms with Crippen LogP contribution in [0.5, 0.6) is 0 Å².